The maximum atomic E-state index is 11.4. The molecule has 0 aromatic heterocycles. The molecule has 0 unspecified atom stereocenters. The van der Waals surface area contributed by atoms with Gasteiger partial charge in [0.25, 0.3) is 0 Å². The molecular formula is C13H22N2O4S. The SMILES string of the molecule is COc1ccc(S(N)(=O)=O)cc1NCCC(C)(C)OC. The Balaban J connectivity index is 2.87. The lowest BCUT2D eigenvalue weighted by Crippen LogP contribution is -2.25. The molecule has 0 aliphatic rings. The van der Waals surface area contributed by atoms with Gasteiger partial charge in [-0.15, -0.1) is 0 Å². The summed E-state index contributed by atoms with van der Waals surface area (Å²) in [6.07, 6.45) is 0.756. The van der Waals surface area contributed by atoms with Crippen LogP contribution in [-0.4, -0.2) is 34.8 Å². The van der Waals surface area contributed by atoms with Gasteiger partial charge < -0.3 is 14.8 Å². The number of anilines is 1. The minimum Gasteiger partial charge on any atom is -0.495 e. The Morgan fingerprint density at radius 2 is 1.95 bits per heavy atom. The highest BCUT2D eigenvalue weighted by molar-refractivity contribution is 7.89. The van der Waals surface area contributed by atoms with E-state index in [4.69, 9.17) is 14.6 Å². The molecule has 0 bridgehead atoms. The topological polar surface area (TPSA) is 90.7 Å². The summed E-state index contributed by atoms with van der Waals surface area (Å²) < 4.78 is 33.2. The molecular weight excluding hydrogens is 280 g/mol. The van der Waals surface area contributed by atoms with Gasteiger partial charge in [0, 0.05) is 13.7 Å². The summed E-state index contributed by atoms with van der Waals surface area (Å²) in [5, 5.41) is 8.26. The van der Waals surface area contributed by atoms with Crippen molar-refractivity contribution in [2.75, 3.05) is 26.1 Å². The number of hydrogen-bond donors (Lipinski definition) is 2. The predicted octanol–water partition coefficient (Wildman–Crippen LogP) is 1.57. The molecule has 1 aromatic rings. The van der Waals surface area contributed by atoms with Crippen molar-refractivity contribution in [3.05, 3.63) is 18.2 Å². The minimum absolute atomic E-state index is 0.0480. The fourth-order valence-electron chi connectivity index (χ4n) is 1.60. The van der Waals surface area contributed by atoms with E-state index in [0.29, 0.717) is 18.0 Å². The van der Waals surface area contributed by atoms with Gasteiger partial charge in [0.05, 0.1) is 23.3 Å². The smallest absolute Gasteiger partial charge is 0.238 e. The monoisotopic (exact) mass is 302 g/mol. The van der Waals surface area contributed by atoms with E-state index in [2.05, 4.69) is 5.32 Å². The van der Waals surface area contributed by atoms with Crippen molar-refractivity contribution in [3.8, 4) is 5.75 Å². The van der Waals surface area contributed by atoms with Crippen molar-refractivity contribution in [2.24, 2.45) is 5.14 Å². The van der Waals surface area contributed by atoms with Crippen molar-refractivity contribution >= 4 is 15.7 Å². The van der Waals surface area contributed by atoms with Crippen LogP contribution in [0.15, 0.2) is 23.1 Å². The van der Waals surface area contributed by atoms with Crippen LogP contribution in [-0.2, 0) is 14.8 Å². The maximum absolute atomic E-state index is 11.4. The standard InChI is InChI=1S/C13H22N2O4S/c1-13(2,19-4)7-8-15-11-9-10(20(14,16)17)5-6-12(11)18-3/h5-6,9,15H,7-8H2,1-4H3,(H2,14,16,17). The second-order valence-electron chi connectivity index (χ2n) is 5.05. The molecule has 6 nitrogen and oxygen atoms in total. The Morgan fingerprint density at radius 3 is 2.45 bits per heavy atom. The summed E-state index contributed by atoms with van der Waals surface area (Å²) >= 11 is 0. The van der Waals surface area contributed by atoms with Gasteiger partial charge in [-0.1, -0.05) is 0 Å². The molecule has 0 spiro atoms. The van der Waals surface area contributed by atoms with E-state index in [0.717, 1.165) is 6.42 Å². The van der Waals surface area contributed by atoms with E-state index in [9.17, 15) is 8.42 Å². The average molecular weight is 302 g/mol. The molecule has 0 amide bonds. The van der Waals surface area contributed by atoms with Crippen molar-refractivity contribution in [2.45, 2.75) is 30.8 Å². The first-order valence-corrected chi connectivity index (χ1v) is 7.74. The van der Waals surface area contributed by atoms with Crippen LogP contribution in [0.5, 0.6) is 5.75 Å². The van der Waals surface area contributed by atoms with Crippen LogP contribution < -0.4 is 15.2 Å². The summed E-state index contributed by atoms with van der Waals surface area (Å²) in [5.41, 5.74) is 0.337. The maximum Gasteiger partial charge on any atom is 0.238 e. The summed E-state index contributed by atoms with van der Waals surface area (Å²) in [6, 6.07) is 4.45. The summed E-state index contributed by atoms with van der Waals surface area (Å²) in [7, 11) is -0.550. The Kier molecular flexibility index (Phi) is 5.38. The predicted molar refractivity (Wildman–Crippen MR) is 78.6 cm³/mol. The van der Waals surface area contributed by atoms with E-state index >= 15 is 0 Å². The first-order chi connectivity index (χ1) is 9.19. The van der Waals surface area contributed by atoms with Crippen molar-refractivity contribution in [1.82, 2.24) is 0 Å². The molecule has 0 radical (unpaired) electrons. The molecule has 3 N–H and O–H groups in total. The van der Waals surface area contributed by atoms with Crippen LogP contribution in [0.3, 0.4) is 0 Å². The van der Waals surface area contributed by atoms with Crippen LogP contribution in [0.2, 0.25) is 0 Å². The van der Waals surface area contributed by atoms with Gasteiger partial charge in [-0.25, -0.2) is 13.6 Å². The Hall–Kier alpha value is -1.31. The van der Waals surface area contributed by atoms with E-state index in [1.807, 2.05) is 13.8 Å². The van der Waals surface area contributed by atoms with E-state index < -0.39 is 10.0 Å². The third-order valence-corrected chi connectivity index (χ3v) is 4.01. The molecule has 1 aromatic carbocycles. The van der Waals surface area contributed by atoms with Gasteiger partial charge in [-0.3, -0.25) is 0 Å². The number of hydrogen-bond acceptors (Lipinski definition) is 5. The van der Waals surface area contributed by atoms with Gasteiger partial charge >= 0.3 is 0 Å². The average Bonchev–Trinajstić information content (AvgIpc) is 2.37. The minimum atomic E-state index is -3.73. The van der Waals surface area contributed by atoms with E-state index in [1.54, 1.807) is 13.2 Å². The van der Waals surface area contributed by atoms with Gasteiger partial charge in [-0.2, -0.15) is 0 Å². The van der Waals surface area contributed by atoms with Crippen LogP contribution in [0.25, 0.3) is 0 Å². The normalized spacial score (nSPS) is 12.2. The fourth-order valence-corrected chi connectivity index (χ4v) is 2.14. The Morgan fingerprint density at radius 1 is 1.30 bits per heavy atom. The number of rotatable bonds is 7. The fraction of sp³-hybridized carbons (Fsp3) is 0.538. The van der Waals surface area contributed by atoms with Gasteiger partial charge in [0.15, 0.2) is 0 Å². The quantitative estimate of drug-likeness (QED) is 0.798. The third kappa shape index (κ3) is 4.66. The molecule has 0 heterocycles. The molecule has 0 saturated carbocycles. The molecule has 0 saturated heterocycles. The van der Waals surface area contributed by atoms with Crippen molar-refractivity contribution < 1.29 is 17.9 Å². The zero-order valence-electron chi connectivity index (χ0n) is 12.3. The number of nitrogens with one attached hydrogen (secondary N) is 1. The van der Waals surface area contributed by atoms with Crippen molar-refractivity contribution in [3.63, 3.8) is 0 Å². The second kappa shape index (κ2) is 6.43. The lowest BCUT2D eigenvalue weighted by molar-refractivity contribution is 0.0185. The van der Waals surface area contributed by atoms with Gasteiger partial charge in [0.1, 0.15) is 5.75 Å². The zero-order chi connectivity index (χ0) is 15.4. The highest BCUT2D eigenvalue weighted by Gasteiger charge is 2.16. The molecule has 0 atom stereocenters. The molecule has 114 valence electrons. The summed E-state index contributed by atoms with van der Waals surface area (Å²) in [5.74, 6) is 0.563. The number of primary sulfonamides is 1. The van der Waals surface area contributed by atoms with Crippen LogP contribution >= 0.6 is 0 Å². The van der Waals surface area contributed by atoms with Crippen LogP contribution in [0.1, 0.15) is 20.3 Å². The highest BCUT2D eigenvalue weighted by atomic mass is 32.2. The highest BCUT2D eigenvalue weighted by Crippen LogP contribution is 2.27. The number of nitrogens with two attached hydrogens (primary N) is 1. The summed E-state index contributed by atoms with van der Waals surface area (Å²) in [6.45, 7) is 4.57. The lowest BCUT2D eigenvalue weighted by atomic mass is 10.1. The van der Waals surface area contributed by atoms with Crippen LogP contribution in [0.4, 0.5) is 5.69 Å². The Labute approximate surface area is 120 Å². The van der Waals surface area contributed by atoms with E-state index in [1.165, 1.54) is 19.2 Å². The van der Waals surface area contributed by atoms with Crippen molar-refractivity contribution in [1.29, 1.82) is 0 Å². The molecule has 0 aliphatic heterocycles. The lowest BCUT2D eigenvalue weighted by Gasteiger charge is -2.23. The largest absolute Gasteiger partial charge is 0.495 e. The van der Waals surface area contributed by atoms with Gasteiger partial charge in [-0.05, 0) is 38.5 Å². The molecule has 0 fully saturated rings. The number of sulfonamides is 1. The number of ether oxygens (including phenoxy) is 2. The molecule has 7 heteroatoms. The Bertz CT molecular complexity index is 555. The molecule has 0 aliphatic carbocycles. The first-order valence-electron chi connectivity index (χ1n) is 6.19. The zero-order valence-corrected chi connectivity index (χ0v) is 13.1. The van der Waals surface area contributed by atoms with Crippen LogP contribution in [0, 0.1) is 0 Å². The number of methoxy groups -OCH3 is 2. The number of benzene rings is 1. The van der Waals surface area contributed by atoms with Gasteiger partial charge in [0.2, 0.25) is 10.0 Å². The second-order valence-corrected chi connectivity index (χ2v) is 6.61. The third-order valence-electron chi connectivity index (χ3n) is 3.09. The molecule has 20 heavy (non-hydrogen) atoms. The summed E-state index contributed by atoms with van der Waals surface area (Å²) in [4.78, 5) is 0.0480. The van der Waals surface area contributed by atoms with E-state index in [-0.39, 0.29) is 10.5 Å². The first kappa shape index (κ1) is 16.7. The molecule has 1 rings (SSSR count).